The van der Waals surface area contributed by atoms with E-state index in [1.54, 1.807) is 30.0 Å². The number of aromatic carboxylic acids is 1. The van der Waals surface area contributed by atoms with Crippen LogP contribution >= 0.6 is 11.8 Å². The van der Waals surface area contributed by atoms with Crippen LogP contribution in [0.5, 0.6) is 5.75 Å². The number of carboxylic acids is 1. The molecular formula is C20H24O3S. The van der Waals surface area contributed by atoms with Crippen LogP contribution in [0.3, 0.4) is 0 Å². The highest BCUT2D eigenvalue weighted by Crippen LogP contribution is 2.31. The Labute approximate surface area is 147 Å². The van der Waals surface area contributed by atoms with E-state index >= 15 is 0 Å². The molecule has 0 aromatic heterocycles. The first-order valence-electron chi connectivity index (χ1n) is 8.06. The van der Waals surface area contributed by atoms with E-state index in [-0.39, 0.29) is 5.41 Å². The van der Waals surface area contributed by atoms with Gasteiger partial charge in [0, 0.05) is 4.90 Å². The van der Waals surface area contributed by atoms with Crippen LogP contribution < -0.4 is 0 Å². The highest BCUT2D eigenvalue weighted by Gasteiger charge is 2.18. The molecule has 0 aliphatic carbocycles. The fraction of sp³-hybridized carbons (Fsp3) is 0.350. The fourth-order valence-electron chi connectivity index (χ4n) is 2.57. The lowest BCUT2D eigenvalue weighted by Gasteiger charge is -2.21. The summed E-state index contributed by atoms with van der Waals surface area (Å²) in [5.41, 5.74) is 2.44. The Balaban J connectivity index is 1.95. The quantitative estimate of drug-likeness (QED) is 0.564. The zero-order valence-corrected chi connectivity index (χ0v) is 15.2. The first-order valence-corrected chi connectivity index (χ1v) is 9.05. The molecular weight excluding hydrogens is 320 g/mol. The number of thioether (sulfide) groups is 1. The Morgan fingerprint density at radius 3 is 2.50 bits per heavy atom. The van der Waals surface area contributed by atoms with E-state index in [0.717, 1.165) is 29.1 Å². The van der Waals surface area contributed by atoms with Crippen molar-refractivity contribution in [1.29, 1.82) is 0 Å². The van der Waals surface area contributed by atoms with E-state index in [1.807, 2.05) is 18.2 Å². The number of benzene rings is 2. The predicted octanol–water partition coefficient (Wildman–Crippen LogP) is 5.11. The van der Waals surface area contributed by atoms with Gasteiger partial charge in [0.15, 0.2) is 0 Å². The smallest absolute Gasteiger partial charge is 0.336 e. The zero-order valence-electron chi connectivity index (χ0n) is 14.4. The number of aryl methyl sites for hydroxylation is 1. The third-order valence-corrected chi connectivity index (χ3v) is 5.01. The molecule has 0 spiro atoms. The van der Waals surface area contributed by atoms with Gasteiger partial charge in [0.2, 0.25) is 0 Å². The molecule has 128 valence electrons. The lowest BCUT2D eigenvalue weighted by molar-refractivity contribution is 0.0693. The molecule has 0 saturated carbocycles. The number of hydrogen-bond donors (Lipinski definition) is 2. The molecule has 0 aliphatic rings. The monoisotopic (exact) mass is 344 g/mol. The average Bonchev–Trinajstić information content (AvgIpc) is 2.52. The minimum atomic E-state index is -0.883. The van der Waals surface area contributed by atoms with Crippen molar-refractivity contribution < 1.29 is 15.0 Å². The van der Waals surface area contributed by atoms with Gasteiger partial charge in [-0.25, -0.2) is 4.79 Å². The lowest BCUT2D eigenvalue weighted by atomic mass is 9.85. The van der Waals surface area contributed by atoms with Crippen molar-refractivity contribution in [3.8, 4) is 5.75 Å². The first kappa shape index (κ1) is 18.4. The molecule has 0 bridgehead atoms. The molecule has 0 saturated heterocycles. The number of phenols is 1. The average molecular weight is 344 g/mol. The van der Waals surface area contributed by atoms with Gasteiger partial charge in [-0.1, -0.05) is 45.0 Å². The second-order valence-corrected chi connectivity index (χ2v) is 7.99. The third kappa shape index (κ3) is 4.78. The van der Waals surface area contributed by atoms with E-state index in [9.17, 15) is 15.0 Å². The van der Waals surface area contributed by atoms with Crippen LogP contribution in [0.2, 0.25) is 0 Å². The molecule has 0 amide bonds. The molecule has 4 heteroatoms. The Bertz CT molecular complexity index is 717. The Kier molecular flexibility index (Phi) is 5.94. The topological polar surface area (TPSA) is 57.5 Å². The lowest BCUT2D eigenvalue weighted by Crippen LogP contribution is -2.11. The van der Waals surface area contributed by atoms with Crippen LogP contribution in [0.1, 0.15) is 48.7 Å². The number of aromatic hydroxyl groups is 1. The fourth-order valence-corrected chi connectivity index (χ4v) is 3.56. The SMILES string of the molecule is CC(C)(C)c1cc(CCCSc2ccccc2C(=O)O)ccc1O. The Morgan fingerprint density at radius 1 is 1.12 bits per heavy atom. The summed E-state index contributed by atoms with van der Waals surface area (Å²) in [5, 5.41) is 19.2. The zero-order chi connectivity index (χ0) is 17.7. The molecule has 0 atom stereocenters. The van der Waals surface area contributed by atoms with E-state index in [4.69, 9.17) is 0 Å². The van der Waals surface area contributed by atoms with Crippen LogP contribution in [-0.4, -0.2) is 21.9 Å². The third-order valence-electron chi connectivity index (χ3n) is 3.85. The molecule has 2 N–H and O–H groups in total. The van der Waals surface area contributed by atoms with Gasteiger partial charge in [0.1, 0.15) is 5.75 Å². The molecule has 24 heavy (non-hydrogen) atoms. The molecule has 3 nitrogen and oxygen atoms in total. The van der Waals surface area contributed by atoms with Crippen molar-refractivity contribution in [2.45, 2.75) is 43.9 Å². The normalized spacial score (nSPS) is 11.5. The molecule has 0 unspecified atom stereocenters. The van der Waals surface area contributed by atoms with Gasteiger partial charge in [0.05, 0.1) is 5.56 Å². The first-order chi connectivity index (χ1) is 11.3. The van der Waals surface area contributed by atoms with E-state index < -0.39 is 5.97 Å². The summed E-state index contributed by atoms with van der Waals surface area (Å²) in [6, 6.07) is 12.9. The second kappa shape index (κ2) is 7.75. The summed E-state index contributed by atoms with van der Waals surface area (Å²) >= 11 is 1.58. The van der Waals surface area contributed by atoms with Gasteiger partial charge >= 0.3 is 5.97 Å². The summed E-state index contributed by atoms with van der Waals surface area (Å²) in [7, 11) is 0. The van der Waals surface area contributed by atoms with Gasteiger partial charge in [-0.05, 0) is 53.3 Å². The van der Waals surface area contributed by atoms with Crippen molar-refractivity contribution in [2.75, 3.05) is 5.75 Å². The van der Waals surface area contributed by atoms with Gasteiger partial charge in [-0.2, -0.15) is 0 Å². The molecule has 2 aromatic carbocycles. The standard InChI is InChI=1S/C20H24O3S/c1-20(2,3)16-13-14(10-11-17(16)21)7-6-12-24-18-9-5-4-8-15(18)19(22)23/h4-5,8-11,13,21H,6-7,12H2,1-3H3,(H,22,23). The van der Waals surface area contributed by atoms with Gasteiger partial charge in [0.25, 0.3) is 0 Å². The highest BCUT2D eigenvalue weighted by atomic mass is 32.2. The Hall–Kier alpha value is -1.94. The molecule has 0 heterocycles. The maximum Gasteiger partial charge on any atom is 0.336 e. The van der Waals surface area contributed by atoms with E-state index in [0.29, 0.717) is 11.3 Å². The predicted molar refractivity (Wildman–Crippen MR) is 99.3 cm³/mol. The van der Waals surface area contributed by atoms with E-state index in [1.165, 1.54) is 5.56 Å². The number of carbonyl (C=O) groups is 1. The van der Waals surface area contributed by atoms with Crippen molar-refractivity contribution in [3.05, 3.63) is 59.2 Å². The number of hydrogen-bond acceptors (Lipinski definition) is 3. The van der Waals surface area contributed by atoms with Crippen LogP contribution in [0.15, 0.2) is 47.4 Å². The van der Waals surface area contributed by atoms with Crippen molar-refractivity contribution in [2.24, 2.45) is 0 Å². The Morgan fingerprint density at radius 2 is 1.83 bits per heavy atom. The summed E-state index contributed by atoms with van der Waals surface area (Å²) in [5.74, 6) is 0.318. The van der Waals surface area contributed by atoms with Crippen LogP contribution in [-0.2, 0) is 11.8 Å². The number of rotatable bonds is 6. The van der Waals surface area contributed by atoms with Crippen LogP contribution in [0, 0.1) is 0 Å². The minimum absolute atomic E-state index is 0.0880. The van der Waals surface area contributed by atoms with E-state index in [2.05, 4.69) is 26.8 Å². The summed E-state index contributed by atoms with van der Waals surface area (Å²) in [6.45, 7) is 6.26. The second-order valence-electron chi connectivity index (χ2n) is 6.85. The van der Waals surface area contributed by atoms with Gasteiger partial charge in [-0.3, -0.25) is 0 Å². The summed E-state index contributed by atoms with van der Waals surface area (Å²) in [4.78, 5) is 12.0. The minimum Gasteiger partial charge on any atom is -0.508 e. The van der Waals surface area contributed by atoms with Crippen molar-refractivity contribution in [1.82, 2.24) is 0 Å². The number of carboxylic acid groups (broad SMARTS) is 1. The largest absolute Gasteiger partial charge is 0.508 e. The van der Waals surface area contributed by atoms with Crippen LogP contribution in [0.25, 0.3) is 0 Å². The van der Waals surface area contributed by atoms with Gasteiger partial charge in [-0.15, -0.1) is 11.8 Å². The van der Waals surface area contributed by atoms with Crippen LogP contribution in [0.4, 0.5) is 0 Å². The summed E-state index contributed by atoms with van der Waals surface area (Å²) < 4.78 is 0. The van der Waals surface area contributed by atoms with Gasteiger partial charge < -0.3 is 10.2 Å². The molecule has 2 aromatic rings. The highest BCUT2D eigenvalue weighted by molar-refractivity contribution is 7.99. The number of phenolic OH excluding ortho intramolecular Hbond substituents is 1. The maximum atomic E-state index is 11.2. The molecule has 0 aliphatic heterocycles. The molecule has 2 rings (SSSR count). The molecule has 0 fully saturated rings. The van der Waals surface area contributed by atoms with Crippen molar-refractivity contribution >= 4 is 17.7 Å². The molecule has 0 radical (unpaired) electrons. The summed E-state index contributed by atoms with van der Waals surface area (Å²) in [6.07, 6.45) is 1.86. The van der Waals surface area contributed by atoms with Crippen molar-refractivity contribution in [3.63, 3.8) is 0 Å². The maximum absolute atomic E-state index is 11.2.